The van der Waals surface area contributed by atoms with Gasteiger partial charge in [-0.1, -0.05) is 29.8 Å². The summed E-state index contributed by atoms with van der Waals surface area (Å²) in [6.07, 6.45) is 0.799. The van der Waals surface area contributed by atoms with Gasteiger partial charge in [-0.25, -0.2) is 8.78 Å². The van der Waals surface area contributed by atoms with Gasteiger partial charge in [0.2, 0.25) is 5.91 Å². The number of nitrogens with one attached hydrogen (secondary N) is 1. The Labute approximate surface area is 133 Å². The second-order valence-electron chi connectivity index (χ2n) is 5.42. The van der Waals surface area contributed by atoms with Crippen LogP contribution in [0.25, 0.3) is 0 Å². The van der Waals surface area contributed by atoms with Crippen LogP contribution in [0.2, 0.25) is 5.02 Å². The number of rotatable bonds is 5. The number of hydrogen-bond donors (Lipinski definition) is 2. The van der Waals surface area contributed by atoms with E-state index in [2.05, 4.69) is 5.32 Å². The van der Waals surface area contributed by atoms with E-state index in [-0.39, 0.29) is 0 Å². The molecule has 0 atom stereocenters. The van der Waals surface area contributed by atoms with Gasteiger partial charge < -0.3 is 15.8 Å². The molecule has 4 nitrogen and oxygen atoms in total. The van der Waals surface area contributed by atoms with E-state index < -0.39 is 30.3 Å². The molecule has 0 radical (unpaired) electrons. The van der Waals surface area contributed by atoms with Crippen LogP contribution in [-0.2, 0) is 14.9 Å². The molecule has 0 unspecified atom stereocenters. The lowest BCUT2D eigenvalue weighted by molar-refractivity contribution is -0.132. The second kappa shape index (κ2) is 6.89. The molecular formula is C15H19ClF2N2O2. The van der Waals surface area contributed by atoms with Gasteiger partial charge in [0.15, 0.2) is 0 Å². The smallest absolute Gasteiger partial charge is 0.277 e. The van der Waals surface area contributed by atoms with E-state index in [0.29, 0.717) is 36.6 Å². The molecule has 1 heterocycles. The first-order valence-electron chi connectivity index (χ1n) is 7.10. The van der Waals surface area contributed by atoms with Crippen molar-refractivity contribution >= 4 is 17.5 Å². The van der Waals surface area contributed by atoms with Crippen molar-refractivity contribution in [3.8, 4) is 0 Å². The average Bonchev–Trinajstić information content (AvgIpc) is 2.54. The summed E-state index contributed by atoms with van der Waals surface area (Å²) in [5.74, 6) is -3.58. The normalized spacial score (nSPS) is 18.0. The highest BCUT2D eigenvalue weighted by Crippen LogP contribution is 2.39. The first-order chi connectivity index (χ1) is 10.4. The molecule has 1 aromatic carbocycles. The van der Waals surface area contributed by atoms with E-state index in [1.807, 2.05) is 0 Å². The average molecular weight is 333 g/mol. The Morgan fingerprint density at radius 2 is 2.00 bits per heavy atom. The maximum Gasteiger partial charge on any atom is 0.277 e. The van der Waals surface area contributed by atoms with Crippen LogP contribution in [0.5, 0.6) is 0 Å². The minimum Gasteiger partial charge on any atom is -0.381 e. The summed E-state index contributed by atoms with van der Waals surface area (Å²) in [7, 11) is 0. The SMILES string of the molecule is NCC(F)(F)CNC(=O)C1(c2ccccc2Cl)CCOCC1. The maximum atomic E-state index is 13.3. The molecule has 0 saturated carbocycles. The molecule has 0 aromatic heterocycles. The van der Waals surface area contributed by atoms with Gasteiger partial charge in [-0.2, -0.15) is 0 Å². The Kier molecular flexibility index (Phi) is 5.36. The van der Waals surface area contributed by atoms with Gasteiger partial charge in [0, 0.05) is 18.2 Å². The summed E-state index contributed by atoms with van der Waals surface area (Å²) in [6, 6.07) is 6.99. The molecule has 1 aliphatic rings. The van der Waals surface area contributed by atoms with Crippen LogP contribution in [0, 0.1) is 0 Å². The molecule has 0 aliphatic carbocycles. The van der Waals surface area contributed by atoms with E-state index in [4.69, 9.17) is 22.1 Å². The molecule has 2 rings (SSSR count). The minimum absolute atomic E-state index is 0.381. The topological polar surface area (TPSA) is 64.3 Å². The first-order valence-corrected chi connectivity index (χ1v) is 7.48. The van der Waals surface area contributed by atoms with Gasteiger partial charge in [-0.3, -0.25) is 4.79 Å². The Morgan fingerprint density at radius 1 is 1.36 bits per heavy atom. The number of nitrogens with two attached hydrogens (primary N) is 1. The largest absolute Gasteiger partial charge is 0.381 e. The summed E-state index contributed by atoms with van der Waals surface area (Å²) >= 11 is 6.22. The van der Waals surface area contributed by atoms with Gasteiger partial charge in [0.25, 0.3) is 5.92 Å². The molecule has 3 N–H and O–H groups in total. The maximum absolute atomic E-state index is 13.3. The van der Waals surface area contributed by atoms with Crippen LogP contribution in [0.3, 0.4) is 0 Å². The van der Waals surface area contributed by atoms with Crippen molar-refractivity contribution in [2.45, 2.75) is 24.2 Å². The molecule has 1 aromatic rings. The highest BCUT2D eigenvalue weighted by atomic mass is 35.5. The third-order valence-corrected chi connectivity index (χ3v) is 4.31. The van der Waals surface area contributed by atoms with Crippen LogP contribution in [0.15, 0.2) is 24.3 Å². The number of carbonyl (C=O) groups is 1. The van der Waals surface area contributed by atoms with Crippen molar-refractivity contribution in [1.82, 2.24) is 5.32 Å². The van der Waals surface area contributed by atoms with Gasteiger partial charge in [-0.15, -0.1) is 0 Å². The van der Waals surface area contributed by atoms with Crippen LogP contribution >= 0.6 is 11.6 Å². The van der Waals surface area contributed by atoms with E-state index >= 15 is 0 Å². The fraction of sp³-hybridized carbons (Fsp3) is 0.533. The fourth-order valence-electron chi connectivity index (χ4n) is 2.64. The third kappa shape index (κ3) is 3.56. The van der Waals surface area contributed by atoms with E-state index in [1.165, 1.54) is 0 Å². The predicted octanol–water partition coefficient (Wildman–Crippen LogP) is 2.10. The predicted molar refractivity (Wildman–Crippen MR) is 80.2 cm³/mol. The van der Waals surface area contributed by atoms with Crippen molar-refractivity contribution in [3.05, 3.63) is 34.9 Å². The summed E-state index contributed by atoms with van der Waals surface area (Å²) < 4.78 is 31.9. The zero-order valence-electron chi connectivity index (χ0n) is 12.1. The number of amides is 1. The molecule has 1 amide bonds. The molecule has 1 fully saturated rings. The summed E-state index contributed by atoms with van der Waals surface area (Å²) in [4.78, 5) is 12.6. The van der Waals surface area contributed by atoms with Crippen molar-refractivity contribution in [2.75, 3.05) is 26.3 Å². The Morgan fingerprint density at radius 3 is 2.59 bits per heavy atom. The van der Waals surface area contributed by atoms with Gasteiger partial charge >= 0.3 is 0 Å². The van der Waals surface area contributed by atoms with E-state index in [9.17, 15) is 13.6 Å². The van der Waals surface area contributed by atoms with E-state index in [1.54, 1.807) is 24.3 Å². The van der Waals surface area contributed by atoms with Crippen molar-refractivity contribution in [2.24, 2.45) is 5.73 Å². The second-order valence-corrected chi connectivity index (χ2v) is 5.82. The molecule has 1 saturated heterocycles. The highest BCUT2D eigenvalue weighted by molar-refractivity contribution is 6.31. The molecule has 0 spiro atoms. The molecule has 7 heteroatoms. The Hall–Kier alpha value is -1.24. The lowest BCUT2D eigenvalue weighted by Gasteiger charge is -2.37. The van der Waals surface area contributed by atoms with Crippen LogP contribution in [0.1, 0.15) is 18.4 Å². The van der Waals surface area contributed by atoms with Gasteiger partial charge in [0.1, 0.15) is 0 Å². The zero-order chi connectivity index (χ0) is 16.2. The van der Waals surface area contributed by atoms with Crippen LogP contribution in [-0.4, -0.2) is 38.1 Å². The molecule has 1 aliphatic heterocycles. The molecular weight excluding hydrogens is 314 g/mol. The summed E-state index contributed by atoms with van der Waals surface area (Å²) in [5, 5.41) is 2.78. The van der Waals surface area contributed by atoms with Gasteiger partial charge in [0.05, 0.1) is 18.5 Å². The molecule has 22 heavy (non-hydrogen) atoms. The van der Waals surface area contributed by atoms with Crippen molar-refractivity contribution in [3.63, 3.8) is 0 Å². The molecule has 122 valence electrons. The third-order valence-electron chi connectivity index (χ3n) is 3.98. The number of alkyl halides is 2. The monoisotopic (exact) mass is 332 g/mol. The fourth-order valence-corrected chi connectivity index (χ4v) is 2.96. The van der Waals surface area contributed by atoms with Crippen molar-refractivity contribution < 1.29 is 18.3 Å². The lowest BCUT2D eigenvalue weighted by atomic mass is 9.73. The van der Waals surface area contributed by atoms with Crippen LogP contribution in [0.4, 0.5) is 8.78 Å². The summed E-state index contributed by atoms with van der Waals surface area (Å²) in [6.45, 7) is -0.831. The molecule has 0 bridgehead atoms. The van der Waals surface area contributed by atoms with Crippen molar-refractivity contribution in [1.29, 1.82) is 0 Å². The standard InChI is InChI=1S/C15H19ClF2N2O2/c16-12-4-2-1-3-11(12)14(5-7-22-8-6-14)13(21)20-10-15(17,18)9-19/h1-4H,5-10,19H2,(H,20,21). The Bertz CT molecular complexity index is 534. The Balaban J connectivity index is 2.26. The number of ether oxygens (including phenoxy) is 1. The first kappa shape index (κ1) is 17.1. The lowest BCUT2D eigenvalue weighted by Crippen LogP contribution is -2.51. The number of carbonyl (C=O) groups excluding carboxylic acids is 1. The zero-order valence-corrected chi connectivity index (χ0v) is 12.8. The van der Waals surface area contributed by atoms with E-state index in [0.717, 1.165) is 0 Å². The number of halogens is 3. The van der Waals surface area contributed by atoms with Crippen LogP contribution < -0.4 is 11.1 Å². The summed E-state index contributed by atoms with van der Waals surface area (Å²) in [5.41, 5.74) is 4.70. The minimum atomic E-state index is -3.12. The number of hydrogen-bond acceptors (Lipinski definition) is 3. The highest BCUT2D eigenvalue weighted by Gasteiger charge is 2.43. The number of benzene rings is 1. The quantitative estimate of drug-likeness (QED) is 0.868. The van der Waals surface area contributed by atoms with Gasteiger partial charge in [-0.05, 0) is 24.5 Å².